The molecule has 12 heteroatoms. The summed E-state index contributed by atoms with van der Waals surface area (Å²) in [5.41, 5.74) is 2.86. The molecule has 0 unspecified atom stereocenters. The van der Waals surface area contributed by atoms with Crippen LogP contribution in [-0.2, 0) is 6.42 Å². The van der Waals surface area contributed by atoms with Crippen molar-refractivity contribution in [2.45, 2.75) is 31.7 Å². The number of carbonyl (C=O) groups is 2. The maximum absolute atomic E-state index is 14.2. The van der Waals surface area contributed by atoms with E-state index < -0.39 is 24.0 Å². The molecule has 1 aliphatic heterocycles. The second-order valence-corrected chi connectivity index (χ2v) is 11.3. The molecular formula is C35H34F4N4O4. The normalized spacial score (nSPS) is 13.6. The Morgan fingerprint density at radius 1 is 0.957 bits per heavy atom. The van der Waals surface area contributed by atoms with E-state index in [2.05, 4.69) is 15.0 Å². The molecule has 0 spiro atoms. The van der Waals surface area contributed by atoms with Crippen LogP contribution in [0.5, 0.6) is 11.6 Å². The number of benzene rings is 3. The number of hydrogen-bond donors (Lipinski definition) is 1. The molecular weight excluding hydrogens is 616 g/mol. The smallest absolute Gasteiger partial charge is 0.474 e. The van der Waals surface area contributed by atoms with E-state index in [1.54, 1.807) is 23.1 Å². The third-order valence-corrected chi connectivity index (χ3v) is 7.79. The van der Waals surface area contributed by atoms with Gasteiger partial charge in [-0.05, 0) is 54.4 Å². The summed E-state index contributed by atoms with van der Waals surface area (Å²) in [5, 5.41) is 2.84. The van der Waals surface area contributed by atoms with Gasteiger partial charge >= 0.3 is 6.36 Å². The third-order valence-electron chi connectivity index (χ3n) is 7.79. The highest BCUT2D eigenvalue weighted by Gasteiger charge is 2.32. The number of ether oxygens (including phenoxy) is 2. The standard InChI is InChI=1S/C35H34F4N4O4/c1-42(2)26-11-7-23(8-12-26)15-18-40-33(44)29-13-10-25(36)21-30(29)34(45)43-19-16-27(17-20-43)46-32-14-9-24(22-41-32)28-5-3-4-6-31(28)47-35(37,38)39/h3-14,21-22,27H,15-20H2,1-2H3,(H,40,44). The van der Waals surface area contributed by atoms with E-state index in [0.717, 1.165) is 23.4 Å². The van der Waals surface area contributed by atoms with Crippen molar-refractivity contribution in [3.63, 3.8) is 0 Å². The summed E-state index contributed by atoms with van der Waals surface area (Å²) in [6.45, 7) is 0.964. The Morgan fingerprint density at radius 2 is 1.68 bits per heavy atom. The molecule has 8 nitrogen and oxygen atoms in total. The SMILES string of the molecule is CN(C)c1ccc(CCNC(=O)c2ccc(F)cc2C(=O)N2CCC(Oc3ccc(-c4ccccc4OC(F)(F)F)cn3)CC2)cc1. The van der Waals surface area contributed by atoms with Gasteiger partial charge in [0.1, 0.15) is 17.7 Å². The number of carbonyl (C=O) groups excluding carboxylic acids is 2. The lowest BCUT2D eigenvalue weighted by atomic mass is 10.0. The fourth-order valence-corrected chi connectivity index (χ4v) is 5.31. The van der Waals surface area contributed by atoms with Crippen molar-refractivity contribution in [1.29, 1.82) is 0 Å². The van der Waals surface area contributed by atoms with Crippen LogP contribution in [0.4, 0.5) is 23.2 Å². The van der Waals surface area contributed by atoms with Gasteiger partial charge in [-0.15, -0.1) is 13.2 Å². The van der Waals surface area contributed by atoms with Crippen LogP contribution in [-0.4, -0.2) is 67.9 Å². The van der Waals surface area contributed by atoms with Crippen LogP contribution in [0, 0.1) is 5.82 Å². The van der Waals surface area contributed by atoms with Gasteiger partial charge in [0.15, 0.2) is 0 Å². The molecule has 0 atom stereocenters. The van der Waals surface area contributed by atoms with Gasteiger partial charge in [-0.25, -0.2) is 9.37 Å². The van der Waals surface area contributed by atoms with E-state index >= 15 is 0 Å². The molecule has 0 radical (unpaired) electrons. The minimum absolute atomic E-state index is 0.00996. The molecule has 1 fully saturated rings. The van der Waals surface area contributed by atoms with Crippen molar-refractivity contribution >= 4 is 17.5 Å². The van der Waals surface area contributed by atoms with Gasteiger partial charge in [-0.3, -0.25) is 9.59 Å². The number of rotatable bonds is 10. The fourth-order valence-electron chi connectivity index (χ4n) is 5.31. The van der Waals surface area contributed by atoms with Gasteiger partial charge in [0.05, 0.1) is 11.1 Å². The average Bonchev–Trinajstić information content (AvgIpc) is 3.05. The number of piperidine rings is 1. The predicted octanol–water partition coefficient (Wildman–Crippen LogP) is 6.51. The summed E-state index contributed by atoms with van der Waals surface area (Å²) in [5.74, 6) is -1.58. The monoisotopic (exact) mass is 650 g/mol. The van der Waals surface area contributed by atoms with Gasteiger partial charge in [0.25, 0.3) is 11.8 Å². The number of hydrogen-bond acceptors (Lipinski definition) is 6. The number of alkyl halides is 3. The summed E-state index contributed by atoms with van der Waals surface area (Å²) in [6, 6.07) is 20.5. The van der Waals surface area contributed by atoms with Gasteiger partial charge in [-0.2, -0.15) is 0 Å². The maximum Gasteiger partial charge on any atom is 0.573 e. The first-order valence-electron chi connectivity index (χ1n) is 15.1. The van der Waals surface area contributed by atoms with E-state index in [9.17, 15) is 27.2 Å². The van der Waals surface area contributed by atoms with Crippen molar-refractivity contribution < 1.29 is 36.6 Å². The number of anilines is 1. The molecule has 2 heterocycles. The fraction of sp³-hybridized carbons (Fsp3) is 0.286. The zero-order valence-corrected chi connectivity index (χ0v) is 25.9. The Kier molecular flexibility index (Phi) is 10.3. The Bertz CT molecular complexity index is 1690. The zero-order valence-electron chi connectivity index (χ0n) is 25.9. The summed E-state index contributed by atoms with van der Waals surface area (Å²) in [6.07, 6.45) is -2.19. The molecule has 2 amide bonds. The maximum atomic E-state index is 14.2. The largest absolute Gasteiger partial charge is 0.573 e. The number of likely N-dealkylation sites (tertiary alicyclic amines) is 1. The predicted molar refractivity (Wildman–Crippen MR) is 169 cm³/mol. The van der Waals surface area contributed by atoms with Crippen LogP contribution >= 0.6 is 0 Å². The van der Waals surface area contributed by atoms with Crippen LogP contribution in [0.1, 0.15) is 39.1 Å². The van der Waals surface area contributed by atoms with Crippen molar-refractivity contribution in [3.05, 3.63) is 108 Å². The molecule has 0 bridgehead atoms. The lowest BCUT2D eigenvalue weighted by Gasteiger charge is -2.32. The first-order valence-corrected chi connectivity index (χ1v) is 15.1. The second kappa shape index (κ2) is 14.5. The second-order valence-electron chi connectivity index (χ2n) is 11.3. The summed E-state index contributed by atoms with van der Waals surface area (Å²) >= 11 is 0. The average molecular weight is 651 g/mol. The highest BCUT2D eigenvalue weighted by molar-refractivity contribution is 6.07. The molecule has 5 rings (SSSR count). The minimum atomic E-state index is -4.83. The Hall–Kier alpha value is -5.13. The molecule has 4 aromatic rings. The molecule has 0 saturated carbocycles. The topological polar surface area (TPSA) is 84.0 Å². The third kappa shape index (κ3) is 8.78. The first kappa shape index (κ1) is 33.2. The van der Waals surface area contributed by atoms with Crippen LogP contribution in [0.15, 0.2) is 85.1 Å². The number of nitrogens with zero attached hydrogens (tertiary/aromatic N) is 3. The van der Waals surface area contributed by atoms with Gasteiger partial charge < -0.3 is 24.6 Å². The lowest BCUT2D eigenvalue weighted by molar-refractivity contribution is -0.274. The Morgan fingerprint density at radius 3 is 2.34 bits per heavy atom. The molecule has 246 valence electrons. The van der Waals surface area contributed by atoms with Crippen molar-refractivity contribution in [2.75, 3.05) is 38.6 Å². The van der Waals surface area contributed by atoms with E-state index in [0.29, 0.717) is 44.5 Å². The number of pyridine rings is 1. The minimum Gasteiger partial charge on any atom is -0.474 e. The number of amides is 2. The van der Waals surface area contributed by atoms with Crippen LogP contribution in [0.2, 0.25) is 0 Å². The number of para-hydroxylation sites is 1. The highest BCUT2D eigenvalue weighted by Crippen LogP contribution is 2.34. The first-order chi connectivity index (χ1) is 22.5. The Labute approximate surface area is 269 Å². The summed E-state index contributed by atoms with van der Waals surface area (Å²) < 4.78 is 62.8. The van der Waals surface area contributed by atoms with Gasteiger partial charge in [0.2, 0.25) is 5.88 Å². The van der Waals surface area contributed by atoms with E-state index in [1.165, 1.54) is 30.5 Å². The lowest BCUT2D eigenvalue weighted by Crippen LogP contribution is -2.42. The zero-order chi connectivity index (χ0) is 33.6. The van der Waals surface area contributed by atoms with Crippen LogP contribution in [0.25, 0.3) is 11.1 Å². The summed E-state index contributed by atoms with van der Waals surface area (Å²) in [4.78, 5) is 34.3. The van der Waals surface area contributed by atoms with Crippen LogP contribution in [0.3, 0.4) is 0 Å². The molecule has 1 aliphatic rings. The van der Waals surface area contributed by atoms with E-state index in [-0.39, 0.29) is 34.4 Å². The van der Waals surface area contributed by atoms with Crippen LogP contribution < -0.4 is 19.7 Å². The van der Waals surface area contributed by atoms with E-state index in [1.807, 2.05) is 43.3 Å². The van der Waals surface area contributed by atoms with Crippen molar-refractivity contribution in [1.82, 2.24) is 15.2 Å². The Balaban J connectivity index is 1.16. The highest BCUT2D eigenvalue weighted by atomic mass is 19.4. The van der Waals surface area contributed by atoms with E-state index in [4.69, 9.17) is 4.74 Å². The van der Waals surface area contributed by atoms with Crippen molar-refractivity contribution in [2.24, 2.45) is 0 Å². The van der Waals surface area contributed by atoms with Gasteiger partial charge in [0, 0.05) is 75.6 Å². The molecule has 1 N–H and O–H groups in total. The number of nitrogens with one attached hydrogen (secondary N) is 1. The molecule has 3 aromatic carbocycles. The number of halogens is 4. The molecule has 0 aliphatic carbocycles. The molecule has 1 aromatic heterocycles. The summed E-state index contributed by atoms with van der Waals surface area (Å²) in [7, 11) is 3.91. The number of aromatic nitrogens is 1. The molecule has 1 saturated heterocycles. The molecule has 47 heavy (non-hydrogen) atoms. The quantitative estimate of drug-likeness (QED) is 0.197. The van der Waals surface area contributed by atoms with Crippen molar-refractivity contribution in [3.8, 4) is 22.8 Å². The van der Waals surface area contributed by atoms with Gasteiger partial charge in [-0.1, -0.05) is 30.3 Å².